The molecule has 0 bridgehead atoms. The molecule has 1 aromatic carbocycles. The first-order valence-corrected chi connectivity index (χ1v) is 10.2. The molecule has 26 heavy (non-hydrogen) atoms. The fraction of sp³-hybridized carbons (Fsp3) is 0.421. The SMILES string of the molecule is CC(C)c1sc(Cl)nc1C(=O)N1CCCC[C@H]1c1nc2ccccc2[nH]1. The summed E-state index contributed by atoms with van der Waals surface area (Å²) in [5, 5.41) is 0. The van der Waals surface area contributed by atoms with Gasteiger partial charge in [-0.2, -0.15) is 0 Å². The highest BCUT2D eigenvalue weighted by Crippen LogP contribution is 2.35. The average Bonchev–Trinajstić information content (AvgIpc) is 3.24. The largest absolute Gasteiger partial charge is 0.340 e. The normalized spacial score (nSPS) is 18.0. The van der Waals surface area contributed by atoms with Gasteiger partial charge in [-0.1, -0.05) is 37.6 Å². The van der Waals surface area contributed by atoms with E-state index in [1.165, 1.54) is 11.3 Å². The first-order chi connectivity index (χ1) is 12.5. The van der Waals surface area contributed by atoms with Gasteiger partial charge in [0.05, 0.1) is 17.1 Å². The molecule has 4 rings (SSSR count). The first-order valence-electron chi connectivity index (χ1n) is 8.96. The molecule has 1 atom stereocenters. The number of nitrogens with zero attached hydrogens (tertiary/aromatic N) is 3. The molecule has 1 aliphatic rings. The molecule has 1 amide bonds. The van der Waals surface area contributed by atoms with Gasteiger partial charge in [-0.05, 0) is 37.3 Å². The predicted octanol–water partition coefficient (Wildman–Crippen LogP) is 5.16. The van der Waals surface area contributed by atoms with Crippen molar-refractivity contribution < 1.29 is 4.79 Å². The van der Waals surface area contributed by atoms with E-state index in [1.54, 1.807) is 0 Å². The van der Waals surface area contributed by atoms with Crippen molar-refractivity contribution in [2.45, 2.75) is 45.1 Å². The van der Waals surface area contributed by atoms with Crippen LogP contribution in [0.25, 0.3) is 11.0 Å². The molecule has 7 heteroatoms. The van der Waals surface area contributed by atoms with E-state index in [4.69, 9.17) is 16.6 Å². The van der Waals surface area contributed by atoms with Crippen LogP contribution in [0.2, 0.25) is 4.47 Å². The first kappa shape index (κ1) is 17.5. The Kier molecular flexibility index (Phi) is 4.71. The number of carbonyl (C=O) groups is 1. The van der Waals surface area contributed by atoms with Gasteiger partial charge in [-0.15, -0.1) is 11.3 Å². The second-order valence-electron chi connectivity index (χ2n) is 6.98. The zero-order valence-corrected chi connectivity index (χ0v) is 16.4. The minimum atomic E-state index is -0.0517. The van der Waals surface area contributed by atoms with Gasteiger partial charge in [0.2, 0.25) is 0 Å². The molecule has 3 aromatic rings. The van der Waals surface area contributed by atoms with Crippen LogP contribution < -0.4 is 0 Å². The van der Waals surface area contributed by atoms with Crippen molar-refractivity contribution in [1.82, 2.24) is 19.9 Å². The van der Waals surface area contributed by atoms with E-state index in [1.807, 2.05) is 29.2 Å². The third-order valence-corrected chi connectivity index (χ3v) is 6.30. The zero-order chi connectivity index (χ0) is 18.3. The van der Waals surface area contributed by atoms with Crippen LogP contribution in [0, 0.1) is 0 Å². The Bertz CT molecular complexity index is 915. The Balaban J connectivity index is 1.70. The van der Waals surface area contributed by atoms with Crippen molar-refractivity contribution >= 4 is 39.9 Å². The molecule has 1 aliphatic heterocycles. The zero-order valence-electron chi connectivity index (χ0n) is 14.8. The number of thiazole rings is 1. The number of aromatic amines is 1. The number of benzene rings is 1. The Morgan fingerprint density at radius 3 is 2.88 bits per heavy atom. The number of halogens is 1. The molecule has 5 nitrogen and oxygen atoms in total. The van der Waals surface area contributed by atoms with Crippen LogP contribution in [0.1, 0.15) is 66.3 Å². The van der Waals surface area contributed by atoms with Gasteiger partial charge in [0.25, 0.3) is 5.91 Å². The molecule has 0 aliphatic carbocycles. The number of hydrogen-bond donors (Lipinski definition) is 1. The minimum Gasteiger partial charge on any atom is -0.340 e. The highest BCUT2D eigenvalue weighted by molar-refractivity contribution is 7.16. The predicted molar refractivity (Wildman–Crippen MR) is 105 cm³/mol. The number of amides is 1. The van der Waals surface area contributed by atoms with Crippen LogP contribution in [-0.4, -0.2) is 32.3 Å². The van der Waals surface area contributed by atoms with Crippen molar-refractivity contribution in [1.29, 1.82) is 0 Å². The molecule has 0 unspecified atom stereocenters. The molecule has 1 saturated heterocycles. The van der Waals surface area contributed by atoms with Crippen molar-refractivity contribution in [2.75, 3.05) is 6.54 Å². The number of H-pyrrole nitrogens is 1. The number of para-hydroxylation sites is 2. The maximum Gasteiger partial charge on any atom is 0.274 e. The van der Waals surface area contributed by atoms with Crippen LogP contribution in [0.4, 0.5) is 0 Å². The second-order valence-corrected chi connectivity index (χ2v) is 8.60. The van der Waals surface area contributed by atoms with Crippen LogP contribution in [-0.2, 0) is 0 Å². The number of rotatable bonds is 3. The molecule has 136 valence electrons. The molecule has 3 heterocycles. The topological polar surface area (TPSA) is 61.9 Å². The summed E-state index contributed by atoms with van der Waals surface area (Å²) in [7, 11) is 0. The molecule has 0 spiro atoms. The summed E-state index contributed by atoms with van der Waals surface area (Å²) < 4.78 is 0.425. The van der Waals surface area contributed by atoms with E-state index in [0.717, 1.165) is 41.0 Å². The van der Waals surface area contributed by atoms with Gasteiger partial charge < -0.3 is 9.88 Å². The molecular formula is C19H21ClN4OS. The maximum absolute atomic E-state index is 13.3. The van der Waals surface area contributed by atoms with E-state index in [2.05, 4.69) is 23.8 Å². The Morgan fingerprint density at radius 1 is 1.31 bits per heavy atom. The second kappa shape index (κ2) is 7.00. The van der Waals surface area contributed by atoms with Gasteiger partial charge in [0, 0.05) is 11.4 Å². The van der Waals surface area contributed by atoms with Crippen molar-refractivity contribution in [3.63, 3.8) is 0 Å². The monoisotopic (exact) mass is 388 g/mol. The lowest BCUT2D eigenvalue weighted by atomic mass is 10.0. The lowest BCUT2D eigenvalue weighted by Gasteiger charge is -2.34. The number of carbonyl (C=O) groups excluding carboxylic acids is 1. The summed E-state index contributed by atoms with van der Waals surface area (Å²) in [6, 6.07) is 7.91. The molecule has 0 saturated carbocycles. The van der Waals surface area contributed by atoms with E-state index in [0.29, 0.717) is 16.7 Å². The summed E-state index contributed by atoms with van der Waals surface area (Å²) >= 11 is 7.52. The molecule has 0 radical (unpaired) electrons. The molecular weight excluding hydrogens is 368 g/mol. The fourth-order valence-corrected chi connectivity index (χ4v) is 4.69. The number of hydrogen-bond acceptors (Lipinski definition) is 4. The van der Waals surface area contributed by atoms with E-state index in [-0.39, 0.29) is 17.9 Å². The lowest BCUT2D eigenvalue weighted by molar-refractivity contribution is 0.0594. The third-order valence-electron chi connectivity index (χ3n) is 4.84. The molecule has 2 aromatic heterocycles. The van der Waals surface area contributed by atoms with Gasteiger partial charge in [0.15, 0.2) is 4.47 Å². The third kappa shape index (κ3) is 3.12. The van der Waals surface area contributed by atoms with Crippen LogP contribution >= 0.6 is 22.9 Å². The number of likely N-dealkylation sites (tertiary alicyclic amines) is 1. The summed E-state index contributed by atoms with van der Waals surface area (Å²) in [6.07, 6.45) is 2.98. The summed E-state index contributed by atoms with van der Waals surface area (Å²) in [5.41, 5.74) is 2.43. The van der Waals surface area contributed by atoms with Gasteiger partial charge in [-0.25, -0.2) is 9.97 Å². The van der Waals surface area contributed by atoms with Crippen molar-refractivity contribution in [2.24, 2.45) is 0 Å². The van der Waals surface area contributed by atoms with Crippen molar-refractivity contribution in [3.05, 3.63) is 45.1 Å². The highest BCUT2D eigenvalue weighted by atomic mass is 35.5. The Morgan fingerprint density at radius 2 is 2.12 bits per heavy atom. The van der Waals surface area contributed by atoms with Gasteiger partial charge in [-0.3, -0.25) is 4.79 Å². The Hall–Kier alpha value is -1.92. The van der Waals surface area contributed by atoms with Gasteiger partial charge in [0.1, 0.15) is 11.5 Å². The van der Waals surface area contributed by atoms with E-state index < -0.39 is 0 Å². The van der Waals surface area contributed by atoms with Crippen LogP contribution in [0.3, 0.4) is 0 Å². The standard InChI is InChI=1S/C19H21ClN4OS/c1-11(2)16-15(23-19(20)26-16)18(25)24-10-6-5-9-14(24)17-21-12-7-3-4-8-13(12)22-17/h3-4,7-8,11,14H,5-6,9-10H2,1-2H3,(H,21,22)/t14-/m0/s1. The lowest BCUT2D eigenvalue weighted by Crippen LogP contribution is -2.39. The summed E-state index contributed by atoms with van der Waals surface area (Å²) in [4.78, 5) is 28.6. The number of fused-ring (bicyclic) bond motifs is 1. The van der Waals surface area contributed by atoms with E-state index in [9.17, 15) is 4.79 Å². The quantitative estimate of drug-likeness (QED) is 0.673. The van der Waals surface area contributed by atoms with Gasteiger partial charge >= 0.3 is 0 Å². The van der Waals surface area contributed by atoms with E-state index >= 15 is 0 Å². The smallest absolute Gasteiger partial charge is 0.274 e. The molecule has 1 fully saturated rings. The average molecular weight is 389 g/mol. The minimum absolute atomic E-state index is 0.0398. The highest BCUT2D eigenvalue weighted by Gasteiger charge is 2.33. The number of nitrogens with one attached hydrogen (secondary N) is 1. The number of piperidine rings is 1. The maximum atomic E-state index is 13.3. The summed E-state index contributed by atoms with van der Waals surface area (Å²) in [5.74, 6) is 1.03. The fourth-order valence-electron chi connectivity index (χ4n) is 3.57. The molecule has 1 N–H and O–H groups in total. The number of aromatic nitrogens is 3. The van der Waals surface area contributed by atoms with Crippen LogP contribution in [0.5, 0.6) is 0 Å². The number of imidazole rings is 1. The van der Waals surface area contributed by atoms with Crippen LogP contribution in [0.15, 0.2) is 24.3 Å². The Labute approximate surface area is 161 Å². The summed E-state index contributed by atoms with van der Waals surface area (Å²) in [6.45, 7) is 4.84. The van der Waals surface area contributed by atoms with Crippen molar-refractivity contribution in [3.8, 4) is 0 Å².